The second kappa shape index (κ2) is 9.09. The van der Waals surface area contributed by atoms with Crippen molar-refractivity contribution in [1.82, 2.24) is 10.2 Å². The van der Waals surface area contributed by atoms with E-state index in [0.29, 0.717) is 20.2 Å². The summed E-state index contributed by atoms with van der Waals surface area (Å²) in [5.41, 5.74) is 2.22. The number of amides is 1. The molecule has 0 aliphatic rings. The Bertz CT molecular complexity index is 1130. The summed E-state index contributed by atoms with van der Waals surface area (Å²) in [6.07, 6.45) is 0. The number of nitrogens with two attached hydrogens (primary N) is 1. The SMILES string of the molecule is Cc1c(Cl)cccc1Nc1nnc(SCC(=O)Nc2ccc(S(N)(=O)=O)cc2)s1. The minimum atomic E-state index is -3.76. The zero-order valence-electron chi connectivity index (χ0n) is 15.0. The van der Waals surface area contributed by atoms with Crippen molar-refractivity contribution in [3.8, 4) is 0 Å². The lowest BCUT2D eigenvalue weighted by molar-refractivity contribution is -0.113. The third-order valence-corrected chi connectivity index (χ3v) is 7.02. The van der Waals surface area contributed by atoms with Gasteiger partial charge in [-0.25, -0.2) is 13.6 Å². The molecule has 0 bridgehead atoms. The van der Waals surface area contributed by atoms with E-state index in [1.54, 1.807) is 0 Å². The maximum Gasteiger partial charge on any atom is 0.238 e. The molecule has 1 heterocycles. The van der Waals surface area contributed by atoms with E-state index >= 15 is 0 Å². The topological polar surface area (TPSA) is 127 Å². The first-order valence-corrected chi connectivity index (χ1v) is 11.9. The molecule has 152 valence electrons. The van der Waals surface area contributed by atoms with E-state index in [1.165, 1.54) is 47.4 Å². The first kappa shape index (κ1) is 21.5. The van der Waals surface area contributed by atoms with E-state index in [1.807, 2.05) is 25.1 Å². The van der Waals surface area contributed by atoms with Crippen LogP contribution < -0.4 is 15.8 Å². The standard InChI is InChI=1S/C17H16ClN5O3S3/c1-10-13(18)3-2-4-14(10)21-16-22-23-17(28-16)27-9-15(24)20-11-5-7-12(8-6-11)29(19,25)26/h2-8H,9H2,1H3,(H,20,24)(H,21,22)(H2,19,25,26). The van der Waals surface area contributed by atoms with Gasteiger partial charge in [0.25, 0.3) is 0 Å². The van der Waals surface area contributed by atoms with Gasteiger partial charge in [0.1, 0.15) is 0 Å². The van der Waals surface area contributed by atoms with Gasteiger partial charge in [-0.1, -0.05) is 40.8 Å². The highest BCUT2D eigenvalue weighted by atomic mass is 35.5. The van der Waals surface area contributed by atoms with Gasteiger partial charge in [-0.2, -0.15) is 0 Å². The van der Waals surface area contributed by atoms with Crippen LogP contribution in [0.4, 0.5) is 16.5 Å². The summed E-state index contributed by atoms with van der Waals surface area (Å²) in [7, 11) is -3.76. The fraction of sp³-hybridized carbons (Fsp3) is 0.118. The van der Waals surface area contributed by atoms with E-state index in [9.17, 15) is 13.2 Å². The highest BCUT2D eigenvalue weighted by Crippen LogP contribution is 2.30. The second-order valence-corrected chi connectivity index (χ2v) is 9.99. The van der Waals surface area contributed by atoms with Crippen molar-refractivity contribution in [3.63, 3.8) is 0 Å². The Morgan fingerprint density at radius 3 is 2.62 bits per heavy atom. The summed E-state index contributed by atoms with van der Waals surface area (Å²) in [4.78, 5) is 12.1. The zero-order chi connectivity index (χ0) is 21.0. The Kier molecular flexibility index (Phi) is 6.75. The Hall–Kier alpha value is -2.18. The minimum absolute atomic E-state index is 0.0197. The number of halogens is 1. The molecule has 12 heteroatoms. The van der Waals surface area contributed by atoms with Gasteiger partial charge in [-0.15, -0.1) is 10.2 Å². The number of nitrogens with one attached hydrogen (secondary N) is 2. The average Bonchev–Trinajstić information content (AvgIpc) is 3.11. The molecule has 0 atom stereocenters. The molecule has 0 radical (unpaired) electrons. The molecule has 2 aromatic carbocycles. The first-order valence-electron chi connectivity index (χ1n) is 8.13. The Morgan fingerprint density at radius 2 is 1.93 bits per heavy atom. The molecular weight excluding hydrogens is 454 g/mol. The smallest absolute Gasteiger partial charge is 0.238 e. The van der Waals surface area contributed by atoms with E-state index in [2.05, 4.69) is 20.8 Å². The van der Waals surface area contributed by atoms with E-state index in [4.69, 9.17) is 16.7 Å². The van der Waals surface area contributed by atoms with Crippen molar-refractivity contribution in [2.45, 2.75) is 16.2 Å². The highest BCUT2D eigenvalue weighted by Gasteiger charge is 2.11. The largest absolute Gasteiger partial charge is 0.330 e. The zero-order valence-corrected chi connectivity index (χ0v) is 18.3. The van der Waals surface area contributed by atoms with Gasteiger partial charge in [0.15, 0.2) is 4.34 Å². The molecule has 29 heavy (non-hydrogen) atoms. The number of nitrogens with zero attached hydrogens (tertiary/aromatic N) is 2. The number of primary sulfonamides is 1. The highest BCUT2D eigenvalue weighted by molar-refractivity contribution is 8.01. The summed E-state index contributed by atoms with van der Waals surface area (Å²) in [6, 6.07) is 11.2. The van der Waals surface area contributed by atoms with Crippen LogP contribution in [0.1, 0.15) is 5.56 Å². The molecule has 8 nitrogen and oxygen atoms in total. The van der Waals surface area contributed by atoms with E-state index in [-0.39, 0.29) is 16.6 Å². The summed E-state index contributed by atoms with van der Waals surface area (Å²) in [5, 5.41) is 20.3. The molecule has 0 saturated heterocycles. The van der Waals surface area contributed by atoms with Crippen LogP contribution in [0.3, 0.4) is 0 Å². The number of carbonyl (C=O) groups is 1. The van der Waals surface area contributed by atoms with Gasteiger partial charge < -0.3 is 10.6 Å². The molecule has 0 fully saturated rings. The summed E-state index contributed by atoms with van der Waals surface area (Å²) < 4.78 is 23.1. The van der Waals surface area contributed by atoms with Gasteiger partial charge in [-0.3, -0.25) is 4.79 Å². The Balaban J connectivity index is 1.54. The van der Waals surface area contributed by atoms with Crippen molar-refractivity contribution in [3.05, 3.63) is 53.1 Å². The maximum atomic E-state index is 12.1. The van der Waals surface area contributed by atoms with Crippen molar-refractivity contribution in [2.75, 3.05) is 16.4 Å². The van der Waals surface area contributed by atoms with Gasteiger partial charge in [0.05, 0.1) is 10.6 Å². The number of aromatic nitrogens is 2. The molecule has 1 amide bonds. The van der Waals surface area contributed by atoms with Crippen LogP contribution in [0.2, 0.25) is 5.02 Å². The predicted molar refractivity (Wildman–Crippen MR) is 117 cm³/mol. The molecular formula is C17H16ClN5O3S3. The Labute approximate surface area is 180 Å². The quantitative estimate of drug-likeness (QED) is 0.451. The molecule has 0 saturated carbocycles. The van der Waals surface area contributed by atoms with Crippen LogP contribution in [0.25, 0.3) is 0 Å². The maximum absolute atomic E-state index is 12.1. The third kappa shape index (κ3) is 5.90. The number of thioether (sulfide) groups is 1. The summed E-state index contributed by atoms with van der Waals surface area (Å²) in [6.45, 7) is 1.90. The Morgan fingerprint density at radius 1 is 1.21 bits per heavy atom. The number of carbonyl (C=O) groups excluding carboxylic acids is 1. The number of rotatable bonds is 7. The molecule has 3 aromatic rings. The van der Waals surface area contributed by atoms with Crippen LogP contribution >= 0.6 is 34.7 Å². The lowest BCUT2D eigenvalue weighted by Gasteiger charge is -2.07. The van der Waals surface area contributed by atoms with Crippen LogP contribution in [0, 0.1) is 6.92 Å². The van der Waals surface area contributed by atoms with E-state index in [0.717, 1.165) is 11.3 Å². The normalized spacial score (nSPS) is 11.3. The number of anilines is 3. The molecule has 0 spiro atoms. The van der Waals surface area contributed by atoms with Crippen molar-refractivity contribution in [1.29, 1.82) is 0 Å². The lowest BCUT2D eigenvalue weighted by atomic mass is 10.2. The fourth-order valence-corrected chi connectivity index (χ4v) is 4.48. The van der Waals surface area contributed by atoms with Crippen LogP contribution in [0.15, 0.2) is 51.7 Å². The molecule has 3 rings (SSSR count). The number of benzene rings is 2. The lowest BCUT2D eigenvalue weighted by Crippen LogP contribution is -2.15. The number of sulfonamides is 1. The van der Waals surface area contributed by atoms with Crippen LogP contribution in [-0.4, -0.2) is 30.3 Å². The third-order valence-electron chi connectivity index (χ3n) is 3.71. The van der Waals surface area contributed by atoms with Gasteiger partial charge in [0.2, 0.25) is 21.1 Å². The minimum Gasteiger partial charge on any atom is -0.330 e. The predicted octanol–water partition coefficient (Wildman–Crippen LogP) is 3.62. The first-order chi connectivity index (χ1) is 13.7. The van der Waals surface area contributed by atoms with Gasteiger partial charge in [0, 0.05) is 16.4 Å². The number of hydrogen-bond donors (Lipinski definition) is 3. The molecule has 4 N–H and O–H groups in total. The van der Waals surface area contributed by atoms with Gasteiger partial charge in [-0.05, 0) is 48.9 Å². The molecule has 1 aromatic heterocycles. The van der Waals surface area contributed by atoms with Crippen molar-refractivity contribution >= 4 is 67.1 Å². The van der Waals surface area contributed by atoms with Crippen molar-refractivity contribution < 1.29 is 13.2 Å². The molecule has 0 unspecified atom stereocenters. The van der Waals surface area contributed by atoms with Crippen LogP contribution in [0.5, 0.6) is 0 Å². The molecule has 0 aliphatic heterocycles. The monoisotopic (exact) mass is 469 g/mol. The summed E-state index contributed by atoms with van der Waals surface area (Å²) in [5.74, 6) is -0.129. The van der Waals surface area contributed by atoms with Crippen LogP contribution in [-0.2, 0) is 14.8 Å². The average molecular weight is 470 g/mol. The molecule has 0 aliphatic carbocycles. The number of hydrogen-bond acceptors (Lipinski definition) is 8. The second-order valence-electron chi connectivity index (χ2n) is 5.82. The summed E-state index contributed by atoms with van der Waals surface area (Å²) >= 11 is 8.68. The van der Waals surface area contributed by atoms with Gasteiger partial charge >= 0.3 is 0 Å². The van der Waals surface area contributed by atoms with E-state index < -0.39 is 10.0 Å². The fourth-order valence-electron chi connectivity index (χ4n) is 2.23. The van der Waals surface area contributed by atoms with Crippen molar-refractivity contribution in [2.24, 2.45) is 5.14 Å².